The van der Waals surface area contributed by atoms with Crippen LogP contribution in [0.5, 0.6) is 17.4 Å². The molecule has 1 N–H and O–H groups in total. The highest BCUT2D eigenvalue weighted by Crippen LogP contribution is 2.42. The molecule has 4 rings (SSSR count). The molecule has 0 bridgehead atoms. The maximum Gasteiger partial charge on any atom is 0.243 e. The average Bonchev–Trinajstić information content (AvgIpc) is 3.03. The summed E-state index contributed by atoms with van der Waals surface area (Å²) in [6, 6.07) is 19.3. The van der Waals surface area contributed by atoms with Gasteiger partial charge in [0.25, 0.3) is 0 Å². The average molecular weight is 460 g/mol. The smallest absolute Gasteiger partial charge is 0.243 e. The fraction of sp³-hybridized carbons (Fsp3) is 0.296. The van der Waals surface area contributed by atoms with E-state index in [4.69, 9.17) is 9.47 Å². The molecule has 1 aliphatic rings. The summed E-state index contributed by atoms with van der Waals surface area (Å²) in [4.78, 5) is 31.7. The summed E-state index contributed by atoms with van der Waals surface area (Å²) in [5.74, 6) is 1.16. The minimum Gasteiger partial charge on any atom is -0.493 e. The van der Waals surface area contributed by atoms with Crippen molar-refractivity contribution in [2.45, 2.75) is 45.2 Å². The number of anilines is 1. The molecule has 1 aliphatic heterocycles. The van der Waals surface area contributed by atoms with Gasteiger partial charge >= 0.3 is 0 Å². The van der Waals surface area contributed by atoms with Gasteiger partial charge in [0.15, 0.2) is 11.5 Å². The molecule has 0 unspecified atom stereocenters. The van der Waals surface area contributed by atoms with Gasteiger partial charge in [0.05, 0.1) is 13.7 Å². The second-order valence-electron chi connectivity index (χ2n) is 8.35. The Balaban J connectivity index is 1.38. The van der Waals surface area contributed by atoms with Crippen molar-refractivity contribution in [3.8, 4) is 17.4 Å². The molecule has 7 nitrogen and oxygen atoms in total. The van der Waals surface area contributed by atoms with Gasteiger partial charge in [-0.1, -0.05) is 42.5 Å². The molecule has 0 spiro atoms. The number of nitrogens with one attached hydrogen (secondary N) is 1. The zero-order valence-corrected chi connectivity index (χ0v) is 19.5. The Bertz CT molecular complexity index is 1150. The van der Waals surface area contributed by atoms with Crippen LogP contribution in [0.4, 0.5) is 5.69 Å². The van der Waals surface area contributed by atoms with Crippen molar-refractivity contribution in [2.24, 2.45) is 0 Å². The van der Waals surface area contributed by atoms with Gasteiger partial charge in [0.2, 0.25) is 17.7 Å². The third-order valence-electron chi connectivity index (χ3n) is 5.83. The molecule has 7 heteroatoms. The molecule has 3 aromatic rings. The van der Waals surface area contributed by atoms with Gasteiger partial charge in [0, 0.05) is 30.6 Å². The number of benzene rings is 2. The fourth-order valence-corrected chi connectivity index (χ4v) is 4.01. The number of methoxy groups -OCH3 is 1. The Hall–Kier alpha value is -3.87. The van der Waals surface area contributed by atoms with Gasteiger partial charge in [-0.15, -0.1) is 0 Å². The quantitative estimate of drug-likeness (QED) is 0.531. The third kappa shape index (κ3) is 5.54. The number of fused-ring (bicyclic) bond motifs is 2. The molecule has 0 aliphatic carbocycles. The lowest BCUT2D eigenvalue weighted by molar-refractivity contribution is -0.125. The number of ether oxygens (including phenoxy) is 2. The standard InChI is InChI=1S/C27H29N3O4/c1-19(13-14-20-8-4-3-5-9-20)29-24(31)15-16-25(32)30-18-21-10-6-12-23(33-2)26(21)34-27-22(30)11-7-17-28-27/h3-12,17,19H,13-16,18H2,1-2H3,(H,29,31)/t19-/m0/s1. The van der Waals surface area contributed by atoms with Crippen LogP contribution in [0.3, 0.4) is 0 Å². The molecule has 0 fully saturated rings. The summed E-state index contributed by atoms with van der Waals surface area (Å²) >= 11 is 0. The van der Waals surface area contributed by atoms with Crippen molar-refractivity contribution in [3.63, 3.8) is 0 Å². The molecule has 0 saturated carbocycles. The van der Waals surface area contributed by atoms with E-state index in [1.54, 1.807) is 30.3 Å². The maximum absolute atomic E-state index is 13.2. The second kappa shape index (κ2) is 10.8. The van der Waals surface area contributed by atoms with Crippen molar-refractivity contribution in [1.82, 2.24) is 10.3 Å². The van der Waals surface area contributed by atoms with Gasteiger partial charge in [-0.25, -0.2) is 4.98 Å². The number of pyridine rings is 1. The van der Waals surface area contributed by atoms with E-state index in [1.165, 1.54) is 5.56 Å². The van der Waals surface area contributed by atoms with Crippen molar-refractivity contribution >= 4 is 17.5 Å². The number of para-hydroxylation sites is 1. The topological polar surface area (TPSA) is 80.8 Å². The van der Waals surface area contributed by atoms with Crippen LogP contribution >= 0.6 is 0 Å². The van der Waals surface area contributed by atoms with E-state index in [0.717, 1.165) is 18.4 Å². The van der Waals surface area contributed by atoms with Gasteiger partial charge in [-0.3, -0.25) is 9.59 Å². The predicted octanol–water partition coefficient (Wildman–Crippen LogP) is 4.65. The fourth-order valence-electron chi connectivity index (χ4n) is 4.01. The molecule has 1 aromatic heterocycles. The van der Waals surface area contributed by atoms with Crippen molar-refractivity contribution in [1.29, 1.82) is 0 Å². The zero-order chi connectivity index (χ0) is 23.9. The largest absolute Gasteiger partial charge is 0.493 e. The molecule has 2 amide bonds. The van der Waals surface area contributed by atoms with Gasteiger partial charge in [-0.2, -0.15) is 0 Å². The number of hydrogen-bond donors (Lipinski definition) is 1. The molecule has 1 atom stereocenters. The third-order valence-corrected chi connectivity index (χ3v) is 5.83. The summed E-state index contributed by atoms with van der Waals surface area (Å²) in [5.41, 5.74) is 2.62. The van der Waals surface area contributed by atoms with Crippen LogP contribution in [-0.4, -0.2) is 29.9 Å². The lowest BCUT2D eigenvalue weighted by atomic mass is 10.1. The van der Waals surface area contributed by atoms with Crippen LogP contribution in [0.25, 0.3) is 0 Å². The Labute approximate surface area is 199 Å². The number of aryl methyl sites for hydroxylation is 1. The van der Waals surface area contributed by atoms with Crippen molar-refractivity contribution in [3.05, 3.63) is 78.0 Å². The lowest BCUT2D eigenvalue weighted by Gasteiger charge is -2.21. The first-order valence-corrected chi connectivity index (χ1v) is 11.5. The van der Waals surface area contributed by atoms with Crippen LogP contribution in [0.15, 0.2) is 66.9 Å². The number of aromatic nitrogens is 1. The number of carbonyl (C=O) groups excluding carboxylic acids is 2. The van der Waals surface area contributed by atoms with E-state index in [-0.39, 0.29) is 30.7 Å². The van der Waals surface area contributed by atoms with E-state index >= 15 is 0 Å². The first kappa shape index (κ1) is 23.3. The summed E-state index contributed by atoms with van der Waals surface area (Å²) in [5, 5.41) is 3.01. The zero-order valence-electron chi connectivity index (χ0n) is 19.5. The lowest BCUT2D eigenvalue weighted by Crippen LogP contribution is -2.35. The van der Waals surface area contributed by atoms with Crippen LogP contribution in [0, 0.1) is 0 Å². The highest BCUT2D eigenvalue weighted by atomic mass is 16.5. The summed E-state index contributed by atoms with van der Waals surface area (Å²) in [6.07, 6.45) is 3.55. The molecule has 0 radical (unpaired) electrons. The Morgan fingerprint density at radius 3 is 2.71 bits per heavy atom. The predicted molar refractivity (Wildman–Crippen MR) is 130 cm³/mol. The number of carbonyl (C=O) groups is 2. The van der Waals surface area contributed by atoms with E-state index in [0.29, 0.717) is 29.6 Å². The second-order valence-corrected chi connectivity index (χ2v) is 8.35. The molecule has 176 valence electrons. The molecule has 34 heavy (non-hydrogen) atoms. The minimum atomic E-state index is -0.166. The highest BCUT2D eigenvalue weighted by Gasteiger charge is 2.28. The Kier molecular flexibility index (Phi) is 7.42. The number of amides is 2. The molecular formula is C27H29N3O4. The monoisotopic (exact) mass is 459 g/mol. The SMILES string of the molecule is COc1cccc2c1Oc1ncccc1N(C(=O)CCC(=O)N[C@@H](C)CCc1ccccc1)C2. The molecular weight excluding hydrogens is 430 g/mol. The van der Waals surface area contributed by atoms with E-state index in [1.807, 2.05) is 43.3 Å². The number of rotatable bonds is 8. The van der Waals surface area contributed by atoms with Crippen LogP contribution in [0.1, 0.15) is 37.3 Å². The molecule has 0 saturated heterocycles. The number of nitrogens with zero attached hydrogens (tertiary/aromatic N) is 2. The Morgan fingerprint density at radius 2 is 1.91 bits per heavy atom. The van der Waals surface area contributed by atoms with E-state index in [2.05, 4.69) is 22.4 Å². The van der Waals surface area contributed by atoms with E-state index < -0.39 is 0 Å². The van der Waals surface area contributed by atoms with Gasteiger partial charge < -0.3 is 19.7 Å². The normalized spacial score (nSPS) is 13.1. The summed E-state index contributed by atoms with van der Waals surface area (Å²) < 4.78 is 11.5. The maximum atomic E-state index is 13.2. The van der Waals surface area contributed by atoms with Crippen molar-refractivity contribution in [2.75, 3.05) is 12.0 Å². The van der Waals surface area contributed by atoms with Crippen LogP contribution in [-0.2, 0) is 22.6 Å². The molecule has 2 aromatic carbocycles. The number of hydrogen-bond acceptors (Lipinski definition) is 5. The Morgan fingerprint density at radius 1 is 1.09 bits per heavy atom. The highest BCUT2D eigenvalue weighted by molar-refractivity contribution is 5.96. The first-order chi connectivity index (χ1) is 16.5. The van der Waals surface area contributed by atoms with Gasteiger partial charge in [0.1, 0.15) is 5.69 Å². The first-order valence-electron chi connectivity index (χ1n) is 11.5. The summed E-state index contributed by atoms with van der Waals surface area (Å²) in [6.45, 7) is 2.29. The van der Waals surface area contributed by atoms with Crippen LogP contribution in [0.2, 0.25) is 0 Å². The van der Waals surface area contributed by atoms with Crippen LogP contribution < -0.4 is 19.7 Å². The molecule has 2 heterocycles. The van der Waals surface area contributed by atoms with E-state index in [9.17, 15) is 9.59 Å². The van der Waals surface area contributed by atoms with Crippen molar-refractivity contribution < 1.29 is 19.1 Å². The van der Waals surface area contributed by atoms with Gasteiger partial charge in [-0.05, 0) is 43.5 Å². The minimum absolute atomic E-state index is 0.0265. The summed E-state index contributed by atoms with van der Waals surface area (Å²) in [7, 11) is 1.57.